The predicted molar refractivity (Wildman–Crippen MR) is 125 cm³/mol. The third-order valence-electron chi connectivity index (χ3n) is 4.78. The molecule has 2 N–H and O–H groups in total. The summed E-state index contributed by atoms with van der Waals surface area (Å²) in [6, 6.07) is 21.2. The van der Waals surface area contributed by atoms with Gasteiger partial charge in [-0.25, -0.2) is 10.4 Å². The molecule has 1 amide bonds. The second-order valence-corrected chi connectivity index (χ2v) is 7.95. The van der Waals surface area contributed by atoms with Crippen LogP contribution in [0.5, 0.6) is 0 Å². The van der Waals surface area contributed by atoms with E-state index in [0.29, 0.717) is 16.8 Å². The van der Waals surface area contributed by atoms with Gasteiger partial charge in [-0.2, -0.15) is 5.10 Å². The second-order valence-electron chi connectivity index (χ2n) is 6.99. The Morgan fingerprint density at radius 2 is 1.75 bits per heavy atom. The molecule has 32 heavy (non-hydrogen) atoms. The molecule has 1 heterocycles. The lowest BCUT2D eigenvalue weighted by atomic mass is 10.1. The maximum atomic E-state index is 12.4. The van der Waals surface area contributed by atoms with Crippen LogP contribution in [0.1, 0.15) is 28.4 Å². The summed E-state index contributed by atoms with van der Waals surface area (Å²) in [7, 11) is 0. The SMILES string of the molecule is CC(=NNC(=O)c1ccc(CSc2nc3ccccc3[nH]2)cc1)c1ccc([N+](=O)[O-])cc1. The number of hydrogen-bond donors (Lipinski definition) is 2. The molecule has 0 aliphatic carbocycles. The van der Waals surface area contributed by atoms with Crippen LogP contribution in [-0.4, -0.2) is 26.5 Å². The number of carbonyl (C=O) groups is 1. The number of hydrazone groups is 1. The molecule has 0 aliphatic rings. The number of rotatable bonds is 7. The van der Waals surface area contributed by atoms with Gasteiger partial charge in [0.25, 0.3) is 11.6 Å². The number of hydrogen-bond acceptors (Lipinski definition) is 6. The summed E-state index contributed by atoms with van der Waals surface area (Å²) in [5.74, 6) is 0.391. The van der Waals surface area contributed by atoms with Crippen molar-refractivity contribution in [2.24, 2.45) is 5.10 Å². The van der Waals surface area contributed by atoms with Gasteiger partial charge in [0.15, 0.2) is 5.16 Å². The number of aromatic nitrogens is 2. The molecular weight excluding hydrogens is 426 g/mol. The first kappa shape index (κ1) is 21.3. The molecule has 0 atom stereocenters. The van der Waals surface area contributed by atoms with Gasteiger partial charge in [0, 0.05) is 23.4 Å². The quantitative estimate of drug-likeness (QED) is 0.181. The lowest BCUT2D eigenvalue weighted by Crippen LogP contribution is -2.19. The van der Waals surface area contributed by atoms with E-state index < -0.39 is 4.92 Å². The van der Waals surface area contributed by atoms with Crippen molar-refractivity contribution in [3.8, 4) is 0 Å². The Bertz CT molecular complexity index is 1260. The van der Waals surface area contributed by atoms with Gasteiger partial charge in [-0.1, -0.05) is 36.0 Å². The first-order valence-corrected chi connectivity index (χ1v) is 10.7. The molecule has 0 fully saturated rings. The van der Waals surface area contributed by atoms with Crippen molar-refractivity contribution in [1.82, 2.24) is 15.4 Å². The molecule has 0 radical (unpaired) electrons. The zero-order valence-corrected chi connectivity index (χ0v) is 17.9. The summed E-state index contributed by atoms with van der Waals surface area (Å²) in [5.41, 5.74) is 7.26. The number of imidazole rings is 1. The summed E-state index contributed by atoms with van der Waals surface area (Å²) in [4.78, 5) is 30.5. The molecule has 3 aromatic carbocycles. The molecular formula is C23H19N5O3S. The Labute approximate surface area is 187 Å². The fourth-order valence-corrected chi connectivity index (χ4v) is 3.83. The topological polar surface area (TPSA) is 113 Å². The van der Waals surface area contributed by atoms with Gasteiger partial charge >= 0.3 is 0 Å². The van der Waals surface area contributed by atoms with Crippen LogP contribution in [0.4, 0.5) is 5.69 Å². The van der Waals surface area contributed by atoms with Gasteiger partial charge in [-0.15, -0.1) is 0 Å². The number of H-pyrrole nitrogens is 1. The predicted octanol–water partition coefficient (Wildman–Crippen LogP) is 4.92. The first-order valence-electron chi connectivity index (χ1n) is 9.75. The van der Waals surface area contributed by atoms with E-state index in [2.05, 4.69) is 20.5 Å². The molecule has 1 aromatic heterocycles. The average Bonchev–Trinajstić information content (AvgIpc) is 3.24. The van der Waals surface area contributed by atoms with Gasteiger partial charge in [-0.3, -0.25) is 14.9 Å². The van der Waals surface area contributed by atoms with Crippen molar-refractivity contribution in [3.05, 3.63) is 99.6 Å². The Morgan fingerprint density at radius 3 is 2.44 bits per heavy atom. The number of thioether (sulfide) groups is 1. The first-order chi connectivity index (χ1) is 15.5. The zero-order valence-electron chi connectivity index (χ0n) is 17.1. The van der Waals surface area contributed by atoms with E-state index in [1.807, 2.05) is 36.4 Å². The zero-order chi connectivity index (χ0) is 22.5. The van der Waals surface area contributed by atoms with Crippen molar-refractivity contribution in [1.29, 1.82) is 0 Å². The molecule has 0 aliphatic heterocycles. The molecule has 9 heteroatoms. The normalized spacial score (nSPS) is 11.5. The highest BCUT2D eigenvalue weighted by Gasteiger charge is 2.08. The third-order valence-corrected chi connectivity index (χ3v) is 5.72. The van der Waals surface area contributed by atoms with Crippen LogP contribution in [0.25, 0.3) is 11.0 Å². The third kappa shape index (κ3) is 5.01. The standard InChI is InChI=1S/C23H19N5O3S/c1-15(17-10-12-19(13-11-17)28(30)31)26-27-22(29)18-8-6-16(7-9-18)14-32-23-24-20-4-2-3-5-21(20)25-23/h2-13H,14H2,1H3,(H,24,25)(H,27,29). The smallest absolute Gasteiger partial charge is 0.271 e. The highest BCUT2D eigenvalue weighted by molar-refractivity contribution is 7.98. The fraction of sp³-hybridized carbons (Fsp3) is 0.0870. The van der Waals surface area contributed by atoms with Crippen LogP contribution in [-0.2, 0) is 5.75 Å². The van der Waals surface area contributed by atoms with Crippen LogP contribution in [0.3, 0.4) is 0 Å². The minimum Gasteiger partial charge on any atom is -0.333 e. The van der Waals surface area contributed by atoms with Crippen molar-refractivity contribution in [2.45, 2.75) is 17.8 Å². The van der Waals surface area contributed by atoms with Crippen LogP contribution >= 0.6 is 11.8 Å². The van der Waals surface area contributed by atoms with Crippen LogP contribution in [0.2, 0.25) is 0 Å². The van der Waals surface area contributed by atoms with Gasteiger partial charge in [0.2, 0.25) is 0 Å². The molecule has 0 unspecified atom stereocenters. The van der Waals surface area contributed by atoms with Gasteiger partial charge in [0.1, 0.15) is 0 Å². The number of carbonyl (C=O) groups excluding carboxylic acids is 1. The Hall–Kier alpha value is -3.98. The molecule has 4 rings (SSSR count). The summed E-state index contributed by atoms with van der Waals surface area (Å²) in [6.07, 6.45) is 0. The lowest BCUT2D eigenvalue weighted by molar-refractivity contribution is -0.384. The van der Waals surface area contributed by atoms with Crippen molar-refractivity contribution in [2.75, 3.05) is 0 Å². The van der Waals surface area contributed by atoms with E-state index >= 15 is 0 Å². The number of amides is 1. The number of fused-ring (bicyclic) bond motifs is 1. The van der Waals surface area contributed by atoms with Crippen LogP contribution in [0, 0.1) is 10.1 Å². The Kier molecular flexibility index (Phi) is 6.27. The number of nitrogens with zero attached hydrogens (tertiary/aromatic N) is 3. The molecule has 0 spiro atoms. The Morgan fingerprint density at radius 1 is 1.06 bits per heavy atom. The summed E-state index contributed by atoms with van der Waals surface area (Å²) in [5, 5.41) is 15.7. The molecule has 160 valence electrons. The Balaban J connectivity index is 1.34. The number of nitro groups is 1. The largest absolute Gasteiger partial charge is 0.333 e. The number of aromatic amines is 1. The van der Waals surface area contributed by atoms with Gasteiger partial charge in [0.05, 0.1) is 21.7 Å². The van der Waals surface area contributed by atoms with E-state index in [4.69, 9.17) is 0 Å². The molecule has 4 aromatic rings. The number of para-hydroxylation sites is 2. The van der Waals surface area contributed by atoms with E-state index in [-0.39, 0.29) is 11.6 Å². The second kappa shape index (κ2) is 9.44. The lowest BCUT2D eigenvalue weighted by Gasteiger charge is -2.04. The molecule has 0 saturated heterocycles. The number of non-ortho nitro benzene ring substituents is 1. The van der Waals surface area contributed by atoms with Crippen LogP contribution in [0.15, 0.2) is 83.1 Å². The summed E-state index contributed by atoms with van der Waals surface area (Å²) in [6.45, 7) is 1.72. The molecule has 0 saturated carbocycles. The van der Waals surface area contributed by atoms with Gasteiger partial charge in [-0.05, 0) is 54.4 Å². The van der Waals surface area contributed by atoms with E-state index in [9.17, 15) is 14.9 Å². The van der Waals surface area contributed by atoms with E-state index in [1.54, 1.807) is 43.0 Å². The van der Waals surface area contributed by atoms with Crippen molar-refractivity contribution in [3.63, 3.8) is 0 Å². The monoisotopic (exact) mass is 445 g/mol. The summed E-state index contributed by atoms with van der Waals surface area (Å²) >= 11 is 1.60. The van der Waals surface area contributed by atoms with E-state index in [1.165, 1.54) is 12.1 Å². The highest BCUT2D eigenvalue weighted by Crippen LogP contribution is 2.23. The number of nitro benzene ring substituents is 1. The average molecular weight is 446 g/mol. The van der Waals surface area contributed by atoms with Crippen molar-refractivity contribution < 1.29 is 9.72 Å². The highest BCUT2D eigenvalue weighted by atomic mass is 32.2. The number of benzene rings is 3. The fourth-order valence-electron chi connectivity index (χ4n) is 2.99. The molecule has 0 bridgehead atoms. The minimum atomic E-state index is -0.461. The number of nitrogens with one attached hydrogen (secondary N) is 2. The summed E-state index contributed by atoms with van der Waals surface area (Å²) < 4.78 is 0. The minimum absolute atomic E-state index is 0.00385. The van der Waals surface area contributed by atoms with Crippen LogP contribution < -0.4 is 5.43 Å². The van der Waals surface area contributed by atoms with E-state index in [0.717, 1.165) is 27.5 Å². The maximum Gasteiger partial charge on any atom is 0.271 e. The van der Waals surface area contributed by atoms with Gasteiger partial charge < -0.3 is 4.98 Å². The maximum absolute atomic E-state index is 12.4. The molecule has 8 nitrogen and oxygen atoms in total. The van der Waals surface area contributed by atoms with Crippen molar-refractivity contribution >= 4 is 40.1 Å².